The van der Waals surface area contributed by atoms with Gasteiger partial charge in [0.1, 0.15) is 0 Å². The van der Waals surface area contributed by atoms with E-state index in [-0.39, 0.29) is 11.8 Å². The lowest BCUT2D eigenvalue weighted by Crippen LogP contribution is -2.17. The first-order valence-corrected chi connectivity index (χ1v) is 4.97. The Balaban J connectivity index is 2.81. The van der Waals surface area contributed by atoms with Crippen LogP contribution in [0.2, 0.25) is 0 Å². The first-order chi connectivity index (χ1) is 7.13. The molecule has 0 radical (unpaired) electrons. The molecule has 0 atom stereocenters. The largest absolute Gasteiger partial charge is 0.326 e. The molecule has 1 rings (SSSR count). The highest BCUT2D eigenvalue weighted by atomic mass is 16.1. The van der Waals surface area contributed by atoms with Gasteiger partial charge in [-0.05, 0) is 25.1 Å². The topological polar surface area (TPSA) is 29.1 Å². The molecular weight excluding hydrogens is 186 g/mol. The van der Waals surface area contributed by atoms with Gasteiger partial charge < -0.3 is 5.32 Å². The number of rotatable bonds is 2. The number of benzene rings is 1. The molecule has 2 heteroatoms. The van der Waals surface area contributed by atoms with Crippen LogP contribution in [-0.2, 0) is 4.79 Å². The van der Waals surface area contributed by atoms with Crippen LogP contribution >= 0.6 is 0 Å². The summed E-state index contributed by atoms with van der Waals surface area (Å²) < 4.78 is 0. The van der Waals surface area contributed by atoms with Crippen LogP contribution in [0.1, 0.15) is 26.3 Å². The Morgan fingerprint density at radius 1 is 1.40 bits per heavy atom. The number of hydrogen-bond donors (Lipinski definition) is 1. The van der Waals surface area contributed by atoms with E-state index in [9.17, 15) is 4.79 Å². The van der Waals surface area contributed by atoms with Gasteiger partial charge in [0.05, 0.1) is 0 Å². The van der Waals surface area contributed by atoms with Gasteiger partial charge in [0.25, 0.3) is 0 Å². The van der Waals surface area contributed by atoms with Crippen molar-refractivity contribution in [2.45, 2.75) is 20.8 Å². The van der Waals surface area contributed by atoms with Crippen molar-refractivity contribution in [2.24, 2.45) is 5.92 Å². The molecule has 0 fully saturated rings. The number of carbonyl (C=O) groups is 1. The summed E-state index contributed by atoms with van der Waals surface area (Å²) in [5, 5.41) is 2.83. The molecule has 0 saturated carbocycles. The van der Waals surface area contributed by atoms with Crippen LogP contribution in [0.4, 0.5) is 5.69 Å². The molecule has 0 saturated heterocycles. The summed E-state index contributed by atoms with van der Waals surface area (Å²) in [6, 6.07) is 7.54. The summed E-state index contributed by atoms with van der Waals surface area (Å²) in [7, 11) is 0. The average molecular weight is 201 g/mol. The third-order valence-corrected chi connectivity index (χ3v) is 1.92. The van der Waals surface area contributed by atoms with Crippen LogP contribution in [0.3, 0.4) is 0 Å². The zero-order chi connectivity index (χ0) is 11.3. The van der Waals surface area contributed by atoms with Crippen molar-refractivity contribution in [3.05, 3.63) is 29.8 Å². The van der Waals surface area contributed by atoms with Crippen molar-refractivity contribution in [2.75, 3.05) is 5.32 Å². The van der Waals surface area contributed by atoms with Crippen molar-refractivity contribution in [1.82, 2.24) is 0 Å². The van der Waals surface area contributed by atoms with E-state index in [1.807, 2.05) is 38.1 Å². The number of anilines is 1. The van der Waals surface area contributed by atoms with Crippen molar-refractivity contribution in [3.8, 4) is 11.8 Å². The molecule has 78 valence electrons. The van der Waals surface area contributed by atoms with E-state index in [4.69, 9.17) is 0 Å². The minimum Gasteiger partial charge on any atom is -0.326 e. The Hall–Kier alpha value is -1.75. The molecule has 1 aromatic rings. The molecule has 0 aromatic heterocycles. The number of hydrogen-bond acceptors (Lipinski definition) is 1. The Morgan fingerprint density at radius 3 is 2.73 bits per heavy atom. The highest BCUT2D eigenvalue weighted by molar-refractivity contribution is 5.92. The van der Waals surface area contributed by atoms with E-state index < -0.39 is 0 Å². The zero-order valence-electron chi connectivity index (χ0n) is 9.29. The summed E-state index contributed by atoms with van der Waals surface area (Å²) in [6.07, 6.45) is 0. The van der Waals surface area contributed by atoms with Crippen molar-refractivity contribution in [3.63, 3.8) is 0 Å². The fourth-order valence-corrected chi connectivity index (χ4v) is 1.11. The SMILES string of the molecule is CC#Cc1cccc(NC(=O)C(C)C)c1. The molecule has 0 aliphatic rings. The van der Waals surface area contributed by atoms with E-state index in [0.29, 0.717) is 0 Å². The van der Waals surface area contributed by atoms with Gasteiger partial charge in [-0.15, -0.1) is 5.92 Å². The molecule has 1 amide bonds. The average Bonchev–Trinajstić information content (AvgIpc) is 2.18. The Kier molecular flexibility index (Phi) is 3.93. The third kappa shape index (κ3) is 3.47. The minimum atomic E-state index is -0.00841. The van der Waals surface area contributed by atoms with E-state index in [2.05, 4.69) is 17.2 Å². The Labute approximate surface area is 90.7 Å². The van der Waals surface area contributed by atoms with Gasteiger partial charge in [-0.3, -0.25) is 4.79 Å². The van der Waals surface area contributed by atoms with Crippen LogP contribution < -0.4 is 5.32 Å². The molecule has 0 heterocycles. The summed E-state index contributed by atoms with van der Waals surface area (Å²) in [4.78, 5) is 11.4. The van der Waals surface area contributed by atoms with Gasteiger partial charge in [-0.1, -0.05) is 25.8 Å². The number of carbonyl (C=O) groups excluding carboxylic acids is 1. The van der Waals surface area contributed by atoms with E-state index in [1.54, 1.807) is 6.92 Å². The summed E-state index contributed by atoms with van der Waals surface area (Å²) in [5.74, 6) is 5.79. The normalized spacial score (nSPS) is 9.33. The fraction of sp³-hybridized carbons (Fsp3) is 0.308. The molecule has 0 unspecified atom stereocenters. The Bertz CT molecular complexity index is 410. The Morgan fingerprint density at radius 2 is 2.13 bits per heavy atom. The van der Waals surface area contributed by atoms with Crippen LogP contribution in [0.25, 0.3) is 0 Å². The number of amides is 1. The molecule has 0 spiro atoms. The smallest absolute Gasteiger partial charge is 0.226 e. The highest BCUT2D eigenvalue weighted by Crippen LogP contribution is 2.11. The van der Waals surface area contributed by atoms with Gasteiger partial charge in [-0.2, -0.15) is 0 Å². The van der Waals surface area contributed by atoms with Crippen LogP contribution in [-0.4, -0.2) is 5.91 Å². The second-order valence-corrected chi connectivity index (χ2v) is 3.60. The molecule has 2 nitrogen and oxygen atoms in total. The van der Waals surface area contributed by atoms with Crippen LogP contribution in [0.5, 0.6) is 0 Å². The molecule has 0 bridgehead atoms. The minimum absolute atomic E-state index is 0.00841. The molecular formula is C13H15NO. The first kappa shape index (κ1) is 11.3. The van der Waals surface area contributed by atoms with E-state index >= 15 is 0 Å². The maximum absolute atomic E-state index is 11.4. The second kappa shape index (κ2) is 5.21. The molecule has 0 aliphatic carbocycles. The number of nitrogens with one attached hydrogen (secondary N) is 1. The zero-order valence-corrected chi connectivity index (χ0v) is 9.29. The summed E-state index contributed by atoms with van der Waals surface area (Å²) >= 11 is 0. The summed E-state index contributed by atoms with van der Waals surface area (Å²) in [6.45, 7) is 5.52. The standard InChI is InChI=1S/C13H15NO/c1-4-6-11-7-5-8-12(9-11)14-13(15)10(2)3/h5,7-10H,1-3H3,(H,14,15). The molecule has 15 heavy (non-hydrogen) atoms. The third-order valence-electron chi connectivity index (χ3n) is 1.92. The fourth-order valence-electron chi connectivity index (χ4n) is 1.11. The first-order valence-electron chi connectivity index (χ1n) is 4.97. The van der Waals surface area contributed by atoms with E-state index in [0.717, 1.165) is 11.3 Å². The van der Waals surface area contributed by atoms with Crippen molar-refractivity contribution < 1.29 is 4.79 Å². The molecule has 0 aliphatic heterocycles. The maximum Gasteiger partial charge on any atom is 0.226 e. The van der Waals surface area contributed by atoms with Gasteiger partial charge in [0, 0.05) is 17.2 Å². The lowest BCUT2D eigenvalue weighted by atomic mass is 10.1. The van der Waals surface area contributed by atoms with Gasteiger partial charge in [-0.25, -0.2) is 0 Å². The second-order valence-electron chi connectivity index (χ2n) is 3.60. The summed E-state index contributed by atoms with van der Waals surface area (Å²) in [5.41, 5.74) is 1.72. The quantitative estimate of drug-likeness (QED) is 0.732. The van der Waals surface area contributed by atoms with Crippen molar-refractivity contribution >= 4 is 11.6 Å². The lowest BCUT2D eigenvalue weighted by molar-refractivity contribution is -0.118. The van der Waals surface area contributed by atoms with Gasteiger partial charge >= 0.3 is 0 Å². The predicted molar refractivity (Wildman–Crippen MR) is 62.5 cm³/mol. The lowest BCUT2D eigenvalue weighted by Gasteiger charge is -2.07. The van der Waals surface area contributed by atoms with Crippen LogP contribution in [0, 0.1) is 17.8 Å². The monoisotopic (exact) mass is 201 g/mol. The van der Waals surface area contributed by atoms with Crippen molar-refractivity contribution in [1.29, 1.82) is 0 Å². The molecule has 1 aromatic carbocycles. The molecule has 1 N–H and O–H groups in total. The predicted octanol–water partition coefficient (Wildman–Crippen LogP) is 2.65. The van der Waals surface area contributed by atoms with Gasteiger partial charge in [0.2, 0.25) is 5.91 Å². The highest BCUT2D eigenvalue weighted by Gasteiger charge is 2.06. The maximum atomic E-state index is 11.4. The van der Waals surface area contributed by atoms with Crippen LogP contribution in [0.15, 0.2) is 24.3 Å². The van der Waals surface area contributed by atoms with Gasteiger partial charge in [0.15, 0.2) is 0 Å². The van der Waals surface area contributed by atoms with E-state index in [1.165, 1.54) is 0 Å².